The smallest absolute Gasteiger partial charge is 0.231 e. The number of nitrogens with one attached hydrogen (secondary N) is 1. The van der Waals surface area contributed by atoms with E-state index >= 15 is 0 Å². The molecule has 1 aromatic heterocycles. The van der Waals surface area contributed by atoms with Crippen LogP contribution >= 0.6 is 11.6 Å². The van der Waals surface area contributed by atoms with Gasteiger partial charge in [0.05, 0.1) is 16.8 Å². The van der Waals surface area contributed by atoms with Crippen molar-refractivity contribution in [2.24, 2.45) is 0 Å². The van der Waals surface area contributed by atoms with Gasteiger partial charge in [0.2, 0.25) is 6.79 Å². The van der Waals surface area contributed by atoms with Crippen molar-refractivity contribution in [1.82, 2.24) is 0 Å². The highest BCUT2D eigenvalue weighted by atomic mass is 35.5. The van der Waals surface area contributed by atoms with Crippen molar-refractivity contribution in [2.45, 2.75) is 19.9 Å². The van der Waals surface area contributed by atoms with E-state index in [9.17, 15) is 0 Å². The molecule has 2 aromatic rings. The summed E-state index contributed by atoms with van der Waals surface area (Å²) in [6.07, 6.45) is 0. The van der Waals surface area contributed by atoms with Crippen molar-refractivity contribution in [3.05, 3.63) is 40.8 Å². The molecule has 2 heterocycles. The summed E-state index contributed by atoms with van der Waals surface area (Å²) in [6.45, 7) is 4.17. The Balaban J connectivity index is 1.83. The van der Waals surface area contributed by atoms with E-state index in [2.05, 4.69) is 5.32 Å². The highest BCUT2D eigenvalue weighted by Crippen LogP contribution is 2.40. The first-order valence-corrected chi connectivity index (χ1v) is 6.43. The lowest BCUT2D eigenvalue weighted by atomic mass is 10.2. The summed E-state index contributed by atoms with van der Waals surface area (Å²) in [7, 11) is 0. The molecular weight excluding hydrogens is 266 g/mol. The number of benzene rings is 1. The van der Waals surface area contributed by atoms with Crippen molar-refractivity contribution in [1.29, 1.82) is 0 Å². The number of ether oxygens (including phenoxy) is 2. The third-order valence-corrected chi connectivity index (χ3v) is 3.33. The second kappa shape index (κ2) is 4.70. The lowest BCUT2D eigenvalue weighted by Gasteiger charge is -2.14. The van der Waals surface area contributed by atoms with Crippen LogP contribution in [0.25, 0.3) is 0 Å². The zero-order valence-corrected chi connectivity index (χ0v) is 11.5. The van der Waals surface area contributed by atoms with E-state index < -0.39 is 0 Å². The molecule has 1 N–H and O–H groups in total. The van der Waals surface area contributed by atoms with Crippen LogP contribution < -0.4 is 14.8 Å². The quantitative estimate of drug-likeness (QED) is 0.917. The van der Waals surface area contributed by atoms with Crippen LogP contribution in [0.15, 0.2) is 28.7 Å². The van der Waals surface area contributed by atoms with Gasteiger partial charge in [-0.3, -0.25) is 0 Å². The number of hydrogen-bond donors (Lipinski definition) is 1. The maximum absolute atomic E-state index is 6.22. The highest BCUT2D eigenvalue weighted by Gasteiger charge is 2.18. The van der Waals surface area contributed by atoms with Gasteiger partial charge < -0.3 is 19.2 Å². The normalized spacial score (nSPS) is 14.5. The van der Waals surface area contributed by atoms with Crippen molar-refractivity contribution < 1.29 is 13.9 Å². The molecule has 100 valence electrons. The molecule has 0 fully saturated rings. The topological polar surface area (TPSA) is 43.6 Å². The predicted molar refractivity (Wildman–Crippen MR) is 73.1 cm³/mol. The van der Waals surface area contributed by atoms with Crippen molar-refractivity contribution in [2.75, 3.05) is 12.1 Å². The number of anilines is 1. The minimum atomic E-state index is 0.0200. The van der Waals surface area contributed by atoms with Crippen LogP contribution in [0.2, 0.25) is 5.02 Å². The van der Waals surface area contributed by atoms with Crippen LogP contribution in [-0.4, -0.2) is 6.79 Å². The summed E-state index contributed by atoms with van der Waals surface area (Å²) in [4.78, 5) is 0. The van der Waals surface area contributed by atoms with E-state index in [0.29, 0.717) is 16.5 Å². The maximum atomic E-state index is 6.22. The minimum Gasteiger partial charge on any atom is -0.464 e. The summed E-state index contributed by atoms with van der Waals surface area (Å²) in [5, 5.41) is 3.90. The van der Waals surface area contributed by atoms with Gasteiger partial charge in [-0.1, -0.05) is 11.6 Å². The monoisotopic (exact) mass is 279 g/mol. The highest BCUT2D eigenvalue weighted by molar-refractivity contribution is 6.33. The molecule has 0 aliphatic carbocycles. The average Bonchev–Trinajstić information content (AvgIpc) is 2.98. The Labute approximate surface area is 116 Å². The fourth-order valence-corrected chi connectivity index (χ4v) is 2.23. The summed E-state index contributed by atoms with van der Waals surface area (Å²) in [5.41, 5.74) is 0.799. The Hall–Kier alpha value is -1.81. The third-order valence-electron chi connectivity index (χ3n) is 3.02. The van der Waals surface area contributed by atoms with Crippen LogP contribution in [0.3, 0.4) is 0 Å². The number of rotatable bonds is 3. The molecule has 0 amide bonds. The first-order chi connectivity index (χ1) is 9.13. The van der Waals surface area contributed by atoms with Gasteiger partial charge >= 0.3 is 0 Å². The Morgan fingerprint density at radius 1 is 1.21 bits per heavy atom. The molecule has 0 spiro atoms. The Morgan fingerprint density at radius 3 is 2.63 bits per heavy atom. The first kappa shape index (κ1) is 12.2. The van der Waals surface area contributed by atoms with E-state index in [0.717, 1.165) is 17.2 Å². The lowest BCUT2D eigenvalue weighted by molar-refractivity contribution is 0.174. The molecule has 0 saturated carbocycles. The zero-order chi connectivity index (χ0) is 13.4. The lowest BCUT2D eigenvalue weighted by Crippen LogP contribution is -2.06. The van der Waals surface area contributed by atoms with Crippen molar-refractivity contribution >= 4 is 17.3 Å². The molecule has 4 nitrogen and oxygen atoms in total. The van der Waals surface area contributed by atoms with Crippen molar-refractivity contribution in [3.63, 3.8) is 0 Å². The number of aryl methyl sites for hydroxylation is 1. The maximum Gasteiger partial charge on any atom is 0.231 e. The van der Waals surface area contributed by atoms with Gasteiger partial charge in [0, 0.05) is 12.1 Å². The van der Waals surface area contributed by atoms with E-state index in [4.69, 9.17) is 25.5 Å². The summed E-state index contributed by atoms with van der Waals surface area (Å²) >= 11 is 6.22. The molecule has 0 radical (unpaired) electrons. The van der Waals surface area contributed by atoms with Gasteiger partial charge in [-0.25, -0.2) is 0 Å². The van der Waals surface area contributed by atoms with Gasteiger partial charge in [0.1, 0.15) is 11.5 Å². The minimum absolute atomic E-state index is 0.0200. The van der Waals surface area contributed by atoms with E-state index in [-0.39, 0.29) is 12.8 Å². The Morgan fingerprint density at radius 2 is 1.95 bits per heavy atom. The molecule has 5 heteroatoms. The molecule has 3 rings (SSSR count). The van der Waals surface area contributed by atoms with Gasteiger partial charge in [0.25, 0.3) is 0 Å². The van der Waals surface area contributed by atoms with E-state index in [1.165, 1.54) is 0 Å². The Bertz CT molecular complexity index is 609. The van der Waals surface area contributed by atoms with E-state index in [1.54, 1.807) is 6.07 Å². The number of fused-ring (bicyclic) bond motifs is 1. The standard InChI is InChI=1S/C14H14ClNO3/c1-8-3-4-12(19-8)9(2)16-11-6-14-13(5-10(11)15)17-7-18-14/h3-6,9,16H,7H2,1-2H3. The molecule has 1 aromatic carbocycles. The molecule has 0 saturated heterocycles. The number of halogens is 1. The number of hydrogen-bond acceptors (Lipinski definition) is 4. The molecule has 1 unspecified atom stereocenters. The SMILES string of the molecule is Cc1ccc(C(C)Nc2cc3c(cc2Cl)OCO3)o1. The van der Waals surface area contributed by atoms with Crippen LogP contribution in [0, 0.1) is 6.92 Å². The molecule has 1 atom stereocenters. The third kappa shape index (κ3) is 2.36. The van der Waals surface area contributed by atoms with Gasteiger partial charge in [0.15, 0.2) is 11.5 Å². The van der Waals surface area contributed by atoms with Crippen LogP contribution in [-0.2, 0) is 0 Å². The fourth-order valence-electron chi connectivity index (χ4n) is 2.02. The average molecular weight is 280 g/mol. The fraction of sp³-hybridized carbons (Fsp3) is 0.286. The molecule has 1 aliphatic rings. The van der Waals surface area contributed by atoms with Gasteiger partial charge in [-0.05, 0) is 26.0 Å². The second-order valence-corrected chi connectivity index (χ2v) is 4.91. The van der Waals surface area contributed by atoms with Crippen LogP contribution in [0.5, 0.6) is 11.5 Å². The second-order valence-electron chi connectivity index (χ2n) is 4.50. The molecule has 0 bridgehead atoms. The van der Waals surface area contributed by atoms with Crippen LogP contribution in [0.1, 0.15) is 24.5 Å². The predicted octanol–water partition coefficient (Wildman–Crippen LogP) is 4.14. The van der Waals surface area contributed by atoms with Gasteiger partial charge in [-0.2, -0.15) is 0 Å². The first-order valence-electron chi connectivity index (χ1n) is 6.05. The summed E-state index contributed by atoms with van der Waals surface area (Å²) < 4.78 is 16.2. The summed E-state index contributed by atoms with van der Waals surface area (Å²) in [6, 6.07) is 7.51. The molecule has 19 heavy (non-hydrogen) atoms. The zero-order valence-electron chi connectivity index (χ0n) is 10.7. The molecular formula is C14H14ClNO3. The largest absolute Gasteiger partial charge is 0.464 e. The van der Waals surface area contributed by atoms with Gasteiger partial charge in [-0.15, -0.1) is 0 Å². The Kier molecular flexibility index (Phi) is 3.03. The van der Waals surface area contributed by atoms with E-state index in [1.807, 2.05) is 32.0 Å². The summed E-state index contributed by atoms with van der Waals surface area (Å²) in [5.74, 6) is 3.14. The number of furan rings is 1. The molecule has 1 aliphatic heterocycles. The van der Waals surface area contributed by atoms with Crippen LogP contribution in [0.4, 0.5) is 5.69 Å². The van der Waals surface area contributed by atoms with Crippen molar-refractivity contribution in [3.8, 4) is 11.5 Å².